The highest BCUT2D eigenvalue weighted by molar-refractivity contribution is 7.22. The van der Waals surface area contributed by atoms with Crippen LogP contribution in [-0.4, -0.2) is 42.9 Å². The van der Waals surface area contributed by atoms with Crippen molar-refractivity contribution in [3.8, 4) is 11.5 Å². The lowest BCUT2D eigenvalue weighted by Crippen LogP contribution is -2.48. The minimum Gasteiger partial charge on any atom is -0.485 e. The Balaban J connectivity index is 1.44. The zero-order valence-corrected chi connectivity index (χ0v) is 16.1. The van der Waals surface area contributed by atoms with Crippen LogP contribution in [-0.2, 0) is 9.53 Å². The summed E-state index contributed by atoms with van der Waals surface area (Å²) in [5, 5.41) is 0.671. The predicted molar refractivity (Wildman–Crippen MR) is 107 cm³/mol. The second-order valence-corrected chi connectivity index (χ2v) is 7.92. The highest BCUT2D eigenvalue weighted by atomic mass is 32.1. The summed E-state index contributed by atoms with van der Waals surface area (Å²) in [6.45, 7) is 1.39. The highest BCUT2D eigenvalue weighted by Crippen LogP contribution is 2.34. The van der Waals surface area contributed by atoms with Gasteiger partial charge >= 0.3 is 0 Å². The molecule has 1 saturated heterocycles. The molecule has 6 nitrogen and oxygen atoms in total. The third-order valence-corrected chi connectivity index (χ3v) is 6.03. The average Bonchev–Trinajstić information content (AvgIpc) is 3.40. The molecule has 2 aliphatic heterocycles. The van der Waals surface area contributed by atoms with Crippen molar-refractivity contribution in [3.05, 3.63) is 48.5 Å². The number of fused-ring (bicyclic) bond motifs is 2. The Morgan fingerprint density at radius 1 is 1.14 bits per heavy atom. The number of ether oxygens (including phenoxy) is 3. The van der Waals surface area contributed by atoms with E-state index < -0.39 is 6.10 Å². The molecule has 0 N–H and O–H groups in total. The van der Waals surface area contributed by atoms with E-state index in [0.29, 0.717) is 23.2 Å². The number of thiazole rings is 1. The van der Waals surface area contributed by atoms with Crippen molar-refractivity contribution in [2.45, 2.75) is 25.0 Å². The van der Waals surface area contributed by atoms with Crippen molar-refractivity contribution in [2.75, 3.05) is 24.7 Å². The first-order valence-corrected chi connectivity index (χ1v) is 10.3. The summed E-state index contributed by atoms with van der Waals surface area (Å²) in [6.07, 6.45) is 1.28. The SMILES string of the molecule is O=C([C@@H]1COc2ccccc2O1)N(C[C@H]1CCCO1)c1nc2ccccc2s1. The molecule has 28 heavy (non-hydrogen) atoms. The maximum Gasteiger partial charge on any atom is 0.273 e. The van der Waals surface area contributed by atoms with Gasteiger partial charge in [-0.15, -0.1) is 0 Å². The largest absolute Gasteiger partial charge is 0.485 e. The summed E-state index contributed by atoms with van der Waals surface area (Å²) in [4.78, 5) is 19.8. The molecule has 144 valence electrons. The zero-order valence-electron chi connectivity index (χ0n) is 15.2. The molecule has 3 aromatic rings. The van der Waals surface area contributed by atoms with Gasteiger partial charge in [-0.1, -0.05) is 35.6 Å². The summed E-state index contributed by atoms with van der Waals surface area (Å²) in [5.74, 6) is 1.11. The van der Waals surface area contributed by atoms with E-state index in [4.69, 9.17) is 14.2 Å². The summed E-state index contributed by atoms with van der Waals surface area (Å²) < 4.78 is 18.5. The Morgan fingerprint density at radius 2 is 1.96 bits per heavy atom. The molecule has 3 heterocycles. The van der Waals surface area contributed by atoms with Gasteiger partial charge in [-0.2, -0.15) is 0 Å². The number of carbonyl (C=O) groups excluding carboxylic acids is 1. The van der Waals surface area contributed by atoms with Gasteiger partial charge in [-0.05, 0) is 37.1 Å². The standard InChI is InChI=1S/C21H20N2O4S/c24-20(18-13-26-16-8-2-3-9-17(16)27-18)23(12-14-6-5-11-25-14)21-22-15-7-1-4-10-19(15)28-21/h1-4,7-10,14,18H,5-6,11-13H2/t14-,18+/m1/s1. The van der Waals surface area contributed by atoms with E-state index in [2.05, 4.69) is 4.98 Å². The van der Waals surface area contributed by atoms with Crippen LogP contribution in [0.15, 0.2) is 48.5 Å². The smallest absolute Gasteiger partial charge is 0.273 e. The van der Waals surface area contributed by atoms with Crippen LogP contribution in [0.1, 0.15) is 12.8 Å². The third kappa shape index (κ3) is 3.31. The van der Waals surface area contributed by atoms with Crippen LogP contribution in [0.25, 0.3) is 10.2 Å². The van der Waals surface area contributed by atoms with Crippen LogP contribution in [0.5, 0.6) is 11.5 Å². The first-order valence-electron chi connectivity index (χ1n) is 9.45. The Bertz CT molecular complexity index is 966. The summed E-state index contributed by atoms with van der Waals surface area (Å²) >= 11 is 1.51. The maximum absolute atomic E-state index is 13.4. The van der Waals surface area contributed by atoms with Gasteiger partial charge in [-0.3, -0.25) is 9.69 Å². The summed E-state index contributed by atoms with van der Waals surface area (Å²) in [7, 11) is 0. The summed E-state index contributed by atoms with van der Waals surface area (Å²) in [6, 6.07) is 15.3. The molecule has 2 atom stereocenters. The van der Waals surface area contributed by atoms with Crippen molar-refractivity contribution in [1.82, 2.24) is 4.98 Å². The van der Waals surface area contributed by atoms with E-state index >= 15 is 0 Å². The van der Waals surface area contributed by atoms with Gasteiger partial charge in [0.2, 0.25) is 6.10 Å². The predicted octanol–water partition coefficient (Wildman–Crippen LogP) is 3.65. The number of anilines is 1. The van der Waals surface area contributed by atoms with Crippen molar-refractivity contribution in [1.29, 1.82) is 0 Å². The molecule has 0 radical (unpaired) electrons. The lowest BCUT2D eigenvalue weighted by atomic mass is 10.2. The van der Waals surface area contributed by atoms with Gasteiger partial charge in [0.15, 0.2) is 16.6 Å². The second-order valence-electron chi connectivity index (χ2n) is 6.91. The number of para-hydroxylation sites is 3. The highest BCUT2D eigenvalue weighted by Gasteiger charge is 2.35. The van der Waals surface area contributed by atoms with Crippen LogP contribution >= 0.6 is 11.3 Å². The Hall–Kier alpha value is -2.64. The number of amides is 1. The van der Waals surface area contributed by atoms with Gasteiger partial charge < -0.3 is 14.2 Å². The second kappa shape index (κ2) is 7.41. The topological polar surface area (TPSA) is 60.9 Å². The first-order chi connectivity index (χ1) is 13.8. The Morgan fingerprint density at radius 3 is 2.79 bits per heavy atom. The molecule has 0 saturated carbocycles. The molecule has 5 rings (SSSR count). The van der Waals surface area contributed by atoms with Crippen molar-refractivity contribution in [3.63, 3.8) is 0 Å². The fraction of sp³-hybridized carbons (Fsp3) is 0.333. The molecule has 0 unspecified atom stereocenters. The molecular weight excluding hydrogens is 376 g/mol. The van der Waals surface area contributed by atoms with E-state index in [-0.39, 0.29) is 18.6 Å². The molecule has 1 fully saturated rings. The van der Waals surface area contributed by atoms with Crippen molar-refractivity contribution in [2.24, 2.45) is 0 Å². The van der Waals surface area contributed by atoms with Crippen molar-refractivity contribution >= 4 is 32.6 Å². The van der Waals surface area contributed by atoms with Gasteiger partial charge in [0.05, 0.1) is 22.9 Å². The molecule has 1 amide bonds. The fourth-order valence-corrected chi connectivity index (χ4v) is 4.53. The lowest BCUT2D eigenvalue weighted by Gasteiger charge is -2.30. The minimum absolute atomic E-state index is 0.0211. The molecule has 2 aliphatic rings. The number of benzene rings is 2. The quantitative estimate of drug-likeness (QED) is 0.674. The van der Waals surface area contributed by atoms with E-state index in [0.717, 1.165) is 29.7 Å². The Labute approximate surface area is 166 Å². The number of aromatic nitrogens is 1. The van der Waals surface area contributed by atoms with E-state index in [9.17, 15) is 4.79 Å². The molecule has 0 spiro atoms. The normalized spacial score (nSPS) is 21.0. The van der Waals surface area contributed by atoms with Crippen LogP contribution in [0.3, 0.4) is 0 Å². The molecule has 1 aromatic heterocycles. The first kappa shape index (κ1) is 17.5. The average molecular weight is 396 g/mol. The van der Waals surface area contributed by atoms with Crippen LogP contribution in [0, 0.1) is 0 Å². The van der Waals surface area contributed by atoms with Crippen LogP contribution < -0.4 is 14.4 Å². The minimum atomic E-state index is -0.705. The van der Waals surface area contributed by atoms with E-state index in [1.807, 2.05) is 48.5 Å². The number of nitrogens with zero attached hydrogens (tertiary/aromatic N) is 2. The number of carbonyl (C=O) groups is 1. The molecule has 2 aromatic carbocycles. The van der Waals surface area contributed by atoms with E-state index in [1.165, 1.54) is 11.3 Å². The van der Waals surface area contributed by atoms with Gasteiger partial charge in [-0.25, -0.2) is 4.98 Å². The summed E-state index contributed by atoms with van der Waals surface area (Å²) in [5.41, 5.74) is 0.888. The third-order valence-electron chi connectivity index (χ3n) is 4.97. The van der Waals surface area contributed by atoms with Gasteiger partial charge in [0, 0.05) is 6.61 Å². The number of hydrogen-bond acceptors (Lipinski definition) is 6. The zero-order chi connectivity index (χ0) is 18.9. The Kier molecular flexibility index (Phi) is 4.62. The molecule has 0 bridgehead atoms. The number of rotatable bonds is 4. The lowest BCUT2D eigenvalue weighted by molar-refractivity contribution is -0.128. The molecular formula is C21H20N2O4S. The van der Waals surface area contributed by atoms with Gasteiger partial charge in [0.25, 0.3) is 5.91 Å². The van der Waals surface area contributed by atoms with Crippen LogP contribution in [0.4, 0.5) is 5.13 Å². The number of hydrogen-bond donors (Lipinski definition) is 0. The van der Waals surface area contributed by atoms with E-state index in [1.54, 1.807) is 4.90 Å². The fourth-order valence-electron chi connectivity index (χ4n) is 3.54. The monoisotopic (exact) mass is 396 g/mol. The molecule has 7 heteroatoms. The molecule has 0 aliphatic carbocycles. The van der Waals surface area contributed by atoms with Gasteiger partial charge in [0.1, 0.15) is 6.61 Å². The van der Waals surface area contributed by atoms with Crippen molar-refractivity contribution < 1.29 is 19.0 Å². The van der Waals surface area contributed by atoms with Crippen LogP contribution in [0.2, 0.25) is 0 Å². The maximum atomic E-state index is 13.4.